The zero-order valence-corrected chi connectivity index (χ0v) is 16.1. The lowest BCUT2D eigenvalue weighted by atomic mass is 10.2. The Bertz CT molecular complexity index is 1040. The predicted molar refractivity (Wildman–Crippen MR) is 104 cm³/mol. The van der Waals surface area contributed by atoms with Crippen LogP contribution in [0, 0.1) is 20.8 Å². The van der Waals surface area contributed by atoms with Crippen LogP contribution in [-0.4, -0.2) is 22.1 Å². The molecule has 0 saturated carbocycles. The predicted octanol–water partition coefficient (Wildman–Crippen LogP) is 3.42. The van der Waals surface area contributed by atoms with E-state index in [1.54, 1.807) is 6.92 Å². The maximum Gasteiger partial charge on any atom is 0.263 e. The lowest BCUT2D eigenvalue weighted by molar-refractivity contribution is -0.116. The van der Waals surface area contributed by atoms with Crippen molar-refractivity contribution in [1.29, 1.82) is 0 Å². The summed E-state index contributed by atoms with van der Waals surface area (Å²) in [6.07, 6.45) is 0. The number of rotatable bonds is 5. The summed E-state index contributed by atoms with van der Waals surface area (Å²) in [5, 5.41) is 4.08. The van der Waals surface area contributed by atoms with Crippen LogP contribution in [-0.2, 0) is 11.3 Å². The summed E-state index contributed by atoms with van der Waals surface area (Å²) in [4.78, 5) is 30.5. The normalized spacial score (nSPS) is 10.9. The van der Waals surface area contributed by atoms with Gasteiger partial charge in [-0.2, -0.15) is 0 Å². The minimum atomic E-state index is -0.261. The molecular weight excluding hydrogens is 350 g/mol. The number of hydrogen-bond donors (Lipinski definition) is 1. The van der Waals surface area contributed by atoms with Crippen LogP contribution in [0.5, 0.6) is 5.06 Å². The van der Waals surface area contributed by atoms with Gasteiger partial charge in [-0.25, -0.2) is 4.98 Å². The highest BCUT2D eigenvalue weighted by Gasteiger charge is 2.18. The van der Waals surface area contributed by atoms with Crippen LogP contribution in [0.25, 0.3) is 10.2 Å². The van der Waals surface area contributed by atoms with Crippen LogP contribution in [0.4, 0.5) is 5.69 Å². The van der Waals surface area contributed by atoms with Crippen LogP contribution in [0.2, 0.25) is 0 Å². The Labute approximate surface area is 155 Å². The largest absolute Gasteiger partial charge is 0.484 e. The molecule has 3 aromatic rings. The maximum absolute atomic E-state index is 12.9. The zero-order valence-electron chi connectivity index (χ0n) is 15.3. The van der Waals surface area contributed by atoms with Gasteiger partial charge >= 0.3 is 0 Å². The van der Waals surface area contributed by atoms with Gasteiger partial charge in [0.25, 0.3) is 5.56 Å². The Morgan fingerprint density at radius 2 is 2.00 bits per heavy atom. The number of aryl methyl sites for hydroxylation is 3. The molecule has 0 radical (unpaired) electrons. The Morgan fingerprint density at radius 3 is 2.69 bits per heavy atom. The lowest BCUT2D eigenvalue weighted by Gasteiger charge is -2.11. The fraction of sp³-hybridized carbons (Fsp3) is 0.316. The van der Waals surface area contributed by atoms with E-state index in [1.807, 2.05) is 45.0 Å². The average molecular weight is 371 g/mol. The molecule has 0 saturated heterocycles. The molecule has 0 unspecified atom stereocenters. The summed E-state index contributed by atoms with van der Waals surface area (Å²) >= 11 is 1.36. The fourth-order valence-electron chi connectivity index (χ4n) is 2.80. The van der Waals surface area contributed by atoms with E-state index in [1.165, 1.54) is 15.9 Å². The number of carbonyl (C=O) groups excluding carboxylic acids is 1. The van der Waals surface area contributed by atoms with E-state index in [-0.39, 0.29) is 18.0 Å². The highest BCUT2D eigenvalue weighted by Crippen LogP contribution is 2.34. The fourth-order valence-corrected chi connectivity index (χ4v) is 3.93. The molecule has 0 fully saturated rings. The topological polar surface area (TPSA) is 73.2 Å². The number of nitrogens with one attached hydrogen (secondary N) is 1. The highest BCUT2D eigenvalue weighted by atomic mass is 32.1. The number of para-hydroxylation sites is 1. The first-order valence-corrected chi connectivity index (χ1v) is 9.22. The number of fused-ring (bicyclic) bond motifs is 1. The number of amides is 1. The standard InChI is InChI=1S/C19H21N3O3S/c1-5-25-19-12(3)16-17(26-19)20-13(4)22(18(16)24)10-15(23)21-14-9-7-6-8-11(14)2/h6-9H,5,10H2,1-4H3,(H,21,23). The summed E-state index contributed by atoms with van der Waals surface area (Å²) in [5.41, 5.74) is 2.26. The molecule has 2 heterocycles. The van der Waals surface area contributed by atoms with E-state index < -0.39 is 0 Å². The average Bonchev–Trinajstić information content (AvgIpc) is 2.90. The Kier molecular flexibility index (Phi) is 5.08. The number of nitrogens with zero attached hydrogens (tertiary/aromatic N) is 2. The number of hydrogen-bond acceptors (Lipinski definition) is 5. The van der Waals surface area contributed by atoms with Gasteiger partial charge < -0.3 is 10.1 Å². The van der Waals surface area contributed by atoms with Crippen molar-refractivity contribution in [1.82, 2.24) is 9.55 Å². The van der Waals surface area contributed by atoms with Crippen LogP contribution in [0.15, 0.2) is 29.1 Å². The van der Waals surface area contributed by atoms with E-state index in [0.717, 1.165) is 16.8 Å². The lowest BCUT2D eigenvalue weighted by Crippen LogP contribution is -2.30. The number of anilines is 1. The third kappa shape index (κ3) is 3.35. The molecule has 136 valence electrons. The minimum Gasteiger partial charge on any atom is -0.484 e. The number of carbonyl (C=O) groups is 1. The van der Waals surface area contributed by atoms with Gasteiger partial charge in [-0.05, 0) is 39.3 Å². The van der Waals surface area contributed by atoms with Gasteiger partial charge in [-0.15, -0.1) is 0 Å². The summed E-state index contributed by atoms with van der Waals surface area (Å²) in [6, 6.07) is 7.52. The summed E-state index contributed by atoms with van der Waals surface area (Å²) in [6.45, 7) is 7.85. The molecule has 1 aromatic carbocycles. The minimum absolute atomic E-state index is 0.0821. The molecule has 2 aromatic heterocycles. The van der Waals surface area contributed by atoms with Crippen LogP contribution in [0.1, 0.15) is 23.9 Å². The van der Waals surface area contributed by atoms with E-state index in [9.17, 15) is 9.59 Å². The smallest absolute Gasteiger partial charge is 0.263 e. The summed E-state index contributed by atoms with van der Waals surface area (Å²) in [5.74, 6) is 0.246. The molecule has 26 heavy (non-hydrogen) atoms. The second-order valence-electron chi connectivity index (χ2n) is 6.04. The second kappa shape index (κ2) is 7.29. The van der Waals surface area contributed by atoms with Crippen molar-refractivity contribution in [2.45, 2.75) is 34.2 Å². The van der Waals surface area contributed by atoms with Crippen molar-refractivity contribution < 1.29 is 9.53 Å². The van der Waals surface area contributed by atoms with Gasteiger partial charge in [0.1, 0.15) is 17.2 Å². The van der Waals surface area contributed by atoms with Crippen LogP contribution >= 0.6 is 11.3 Å². The number of ether oxygens (including phenoxy) is 1. The molecule has 0 bridgehead atoms. The zero-order chi connectivity index (χ0) is 18.8. The molecule has 0 aliphatic carbocycles. The quantitative estimate of drug-likeness (QED) is 0.746. The number of thiophene rings is 1. The molecule has 1 amide bonds. The molecular formula is C19H21N3O3S. The highest BCUT2D eigenvalue weighted by molar-refractivity contribution is 7.20. The van der Waals surface area contributed by atoms with Gasteiger partial charge in [-0.1, -0.05) is 29.5 Å². The van der Waals surface area contributed by atoms with E-state index in [0.29, 0.717) is 27.7 Å². The summed E-state index contributed by atoms with van der Waals surface area (Å²) < 4.78 is 6.99. The van der Waals surface area contributed by atoms with Gasteiger partial charge in [-0.3, -0.25) is 14.2 Å². The number of benzene rings is 1. The molecule has 0 aliphatic rings. The monoisotopic (exact) mass is 371 g/mol. The molecule has 3 rings (SSSR count). The number of aromatic nitrogens is 2. The van der Waals surface area contributed by atoms with Crippen molar-refractivity contribution in [2.75, 3.05) is 11.9 Å². The third-order valence-electron chi connectivity index (χ3n) is 4.19. The van der Waals surface area contributed by atoms with Crippen molar-refractivity contribution in [3.05, 3.63) is 51.6 Å². The van der Waals surface area contributed by atoms with Crippen molar-refractivity contribution in [2.24, 2.45) is 0 Å². The SMILES string of the molecule is CCOc1sc2nc(C)n(CC(=O)Nc3ccccc3C)c(=O)c2c1C. The summed E-state index contributed by atoms with van der Waals surface area (Å²) in [7, 11) is 0. The Morgan fingerprint density at radius 1 is 1.27 bits per heavy atom. The van der Waals surface area contributed by atoms with E-state index in [2.05, 4.69) is 10.3 Å². The molecule has 1 N–H and O–H groups in total. The van der Waals surface area contributed by atoms with E-state index in [4.69, 9.17) is 4.74 Å². The Balaban J connectivity index is 1.95. The van der Waals surface area contributed by atoms with Crippen LogP contribution < -0.4 is 15.6 Å². The van der Waals surface area contributed by atoms with E-state index >= 15 is 0 Å². The maximum atomic E-state index is 12.9. The van der Waals surface area contributed by atoms with Gasteiger partial charge in [0.2, 0.25) is 5.91 Å². The first-order valence-electron chi connectivity index (χ1n) is 8.41. The first kappa shape index (κ1) is 18.1. The van der Waals surface area contributed by atoms with Crippen LogP contribution in [0.3, 0.4) is 0 Å². The molecule has 0 atom stereocenters. The second-order valence-corrected chi connectivity index (χ2v) is 7.00. The van der Waals surface area contributed by atoms with Crippen molar-refractivity contribution >= 4 is 33.1 Å². The van der Waals surface area contributed by atoms with Crippen molar-refractivity contribution in [3.63, 3.8) is 0 Å². The Hall–Kier alpha value is -2.67. The van der Waals surface area contributed by atoms with Gasteiger partial charge in [0, 0.05) is 11.3 Å². The molecule has 0 aliphatic heterocycles. The molecule has 0 spiro atoms. The van der Waals surface area contributed by atoms with Crippen molar-refractivity contribution in [3.8, 4) is 5.06 Å². The third-order valence-corrected chi connectivity index (χ3v) is 5.29. The van der Waals surface area contributed by atoms with Gasteiger partial charge in [0.05, 0.1) is 12.0 Å². The molecule has 6 nitrogen and oxygen atoms in total. The first-order chi connectivity index (χ1) is 12.4. The van der Waals surface area contributed by atoms with Gasteiger partial charge in [0.15, 0.2) is 5.06 Å². The molecule has 7 heteroatoms.